The standard InChI is InChI=1S/C34H45F2N7O6S.C2HF3O2/c1-34(2,3)31(30-22(15-21-7-5-4-6-8-21)17-43(41-30)27-16-23(35)9-10-24(27)36)42(29(46)18-44)14-11-25(37)32(47)40-13-12-39-28(45)20-50-19-26(38)33(48)49;3-2(4,5)1(6)7/h4-10,16-17,25-26,31,44H,11-15,18-20,37-38H2,1-3H3,(H,39,45)(H,40,47)(H,48,49);(H,6,7)/t25-,26-,31-;/m0./s1. The molecule has 0 aliphatic heterocycles. The fourth-order valence-corrected chi connectivity index (χ4v) is 6.03. The summed E-state index contributed by atoms with van der Waals surface area (Å²) in [5.74, 6) is -6.71. The zero-order valence-corrected chi connectivity index (χ0v) is 32.1. The largest absolute Gasteiger partial charge is 0.490 e. The molecule has 0 unspecified atom stereocenters. The Labute approximate surface area is 329 Å². The predicted octanol–water partition coefficient (Wildman–Crippen LogP) is 2.38. The van der Waals surface area contributed by atoms with Crippen molar-refractivity contribution in [3.63, 3.8) is 0 Å². The molecular weight excluding hydrogens is 785 g/mol. The highest BCUT2D eigenvalue weighted by Gasteiger charge is 2.39. The molecule has 3 aromatic rings. The molecule has 314 valence electrons. The molecule has 0 saturated carbocycles. The van der Waals surface area contributed by atoms with Gasteiger partial charge < -0.3 is 42.3 Å². The maximum Gasteiger partial charge on any atom is 0.490 e. The van der Waals surface area contributed by atoms with Gasteiger partial charge in [0.2, 0.25) is 17.7 Å². The van der Waals surface area contributed by atoms with Gasteiger partial charge in [-0.05, 0) is 29.5 Å². The average molecular weight is 832 g/mol. The Bertz CT molecular complexity index is 1830. The third-order valence-electron chi connectivity index (χ3n) is 7.92. The molecule has 57 heavy (non-hydrogen) atoms. The lowest BCUT2D eigenvalue weighted by atomic mass is 9.81. The number of nitrogens with one attached hydrogen (secondary N) is 2. The number of carboxylic acids is 2. The van der Waals surface area contributed by atoms with Crippen molar-refractivity contribution in [2.24, 2.45) is 16.9 Å². The summed E-state index contributed by atoms with van der Waals surface area (Å²) in [5.41, 5.74) is 12.8. The molecule has 0 aliphatic carbocycles. The van der Waals surface area contributed by atoms with E-state index in [1.807, 2.05) is 51.1 Å². The molecule has 0 saturated heterocycles. The second kappa shape index (κ2) is 22.0. The number of aromatic nitrogens is 2. The number of halogens is 5. The fourth-order valence-electron chi connectivity index (χ4n) is 5.23. The second-order valence-corrected chi connectivity index (χ2v) is 14.6. The van der Waals surface area contributed by atoms with Crippen LogP contribution in [0, 0.1) is 17.0 Å². The lowest BCUT2D eigenvalue weighted by molar-refractivity contribution is -0.192. The quantitative estimate of drug-likeness (QED) is 0.0722. The van der Waals surface area contributed by atoms with Crippen molar-refractivity contribution in [2.75, 3.05) is 37.7 Å². The van der Waals surface area contributed by atoms with E-state index in [0.717, 1.165) is 35.5 Å². The monoisotopic (exact) mass is 831 g/mol. The Morgan fingerprint density at radius 1 is 0.947 bits per heavy atom. The Morgan fingerprint density at radius 2 is 1.56 bits per heavy atom. The molecule has 3 atom stereocenters. The minimum Gasteiger partial charge on any atom is -0.480 e. The number of carbonyl (C=O) groups is 5. The van der Waals surface area contributed by atoms with Crippen LogP contribution in [0.15, 0.2) is 54.7 Å². The Balaban J connectivity index is 0.00000146. The van der Waals surface area contributed by atoms with E-state index < -0.39 is 71.7 Å². The van der Waals surface area contributed by atoms with Gasteiger partial charge in [-0.1, -0.05) is 51.1 Å². The minimum atomic E-state index is -5.08. The number of hydrogen-bond acceptors (Lipinski definition) is 10. The summed E-state index contributed by atoms with van der Waals surface area (Å²) in [7, 11) is 0. The van der Waals surface area contributed by atoms with Gasteiger partial charge in [0.15, 0.2) is 0 Å². The van der Waals surface area contributed by atoms with Gasteiger partial charge in [-0.2, -0.15) is 18.3 Å². The maximum atomic E-state index is 14.9. The van der Waals surface area contributed by atoms with Gasteiger partial charge in [-0.25, -0.2) is 18.3 Å². The molecule has 0 aliphatic rings. The maximum absolute atomic E-state index is 14.9. The highest BCUT2D eigenvalue weighted by molar-refractivity contribution is 8.00. The zero-order valence-electron chi connectivity index (χ0n) is 31.3. The number of thioether (sulfide) groups is 1. The summed E-state index contributed by atoms with van der Waals surface area (Å²) < 4.78 is 62.1. The summed E-state index contributed by atoms with van der Waals surface area (Å²) in [4.78, 5) is 59.2. The molecule has 0 fully saturated rings. The molecule has 0 radical (unpaired) electrons. The van der Waals surface area contributed by atoms with Gasteiger partial charge in [-0.15, -0.1) is 11.8 Å². The van der Waals surface area contributed by atoms with Gasteiger partial charge in [-0.3, -0.25) is 19.2 Å². The van der Waals surface area contributed by atoms with E-state index in [2.05, 4.69) is 10.6 Å². The van der Waals surface area contributed by atoms with Crippen molar-refractivity contribution >= 4 is 41.4 Å². The molecule has 3 amide bonds. The van der Waals surface area contributed by atoms with E-state index in [-0.39, 0.29) is 49.2 Å². The van der Waals surface area contributed by atoms with Crippen LogP contribution in [0.2, 0.25) is 0 Å². The van der Waals surface area contributed by atoms with Gasteiger partial charge in [0, 0.05) is 49.6 Å². The highest BCUT2D eigenvalue weighted by atomic mass is 32.2. The number of benzene rings is 2. The molecule has 9 N–H and O–H groups in total. The molecular formula is C36H46F5N7O8S. The van der Waals surface area contributed by atoms with Crippen molar-refractivity contribution in [1.82, 2.24) is 25.3 Å². The summed E-state index contributed by atoms with van der Waals surface area (Å²) in [6.45, 7) is 4.92. The Morgan fingerprint density at radius 3 is 2.12 bits per heavy atom. The van der Waals surface area contributed by atoms with E-state index >= 15 is 0 Å². The molecule has 2 aromatic carbocycles. The van der Waals surface area contributed by atoms with E-state index in [9.17, 15) is 46.2 Å². The van der Waals surface area contributed by atoms with Crippen molar-refractivity contribution in [2.45, 2.75) is 57.9 Å². The van der Waals surface area contributed by atoms with Crippen molar-refractivity contribution in [3.8, 4) is 5.69 Å². The van der Waals surface area contributed by atoms with Gasteiger partial charge in [0.25, 0.3) is 0 Å². The number of aliphatic hydroxyl groups is 1. The normalized spacial score (nSPS) is 13.0. The van der Waals surface area contributed by atoms with E-state index in [1.165, 1.54) is 9.58 Å². The van der Waals surface area contributed by atoms with Crippen LogP contribution in [0.5, 0.6) is 0 Å². The number of amides is 3. The number of rotatable bonds is 18. The first-order valence-corrected chi connectivity index (χ1v) is 18.4. The third kappa shape index (κ3) is 15.7. The Kier molecular flexibility index (Phi) is 18.5. The van der Waals surface area contributed by atoms with Crippen LogP contribution in [-0.4, -0.2) is 116 Å². The molecule has 3 rings (SSSR count). The molecule has 0 spiro atoms. The van der Waals surface area contributed by atoms with E-state index in [4.69, 9.17) is 31.6 Å². The first-order chi connectivity index (χ1) is 26.6. The summed E-state index contributed by atoms with van der Waals surface area (Å²) in [6, 6.07) is 9.55. The van der Waals surface area contributed by atoms with Crippen LogP contribution in [0.4, 0.5) is 22.0 Å². The Hall–Kier alpha value is -5.12. The topological polar surface area (TPSA) is 243 Å². The second-order valence-electron chi connectivity index (χ2n) is 13.6. The molecule has 1 aromatic heterocycles. The molecule has 15 nitrogen and oxygen atoms in total. The van der Waals surface area contributed by atoms with Gasteiger partial charge >= 0.3 is 18.1 Å². The number of carbonyl (C=O) groups excluding carboxylic acids is 3. The molecule has 0 bridgehead atoms. The lowest BCUT2D eigenvalue weighted by Gasteiger charge is -2.40. The van der Waals surface area contributed by atoms with Crippen LogP contribution in [0.1, 0.15) is 50.1 Å². The summed E-state index contributed by atoms with van der Waals surface area (Å²) >= 11 is 1.07. The van der Waals surface area contributed by atoms with Crippen LogP contribution in [0.3, 0.4) is 0 Å². The molecule has 21 heteroatoms. The van der Waals surface area contributed by atoms with E-state index in [0.29, 0.717) is 17.7 Å². The predicted molar refractivity (Wildman–Crippen MR) is 199 cm³/mol. The smallest absolute Gasteiger partial charge is 0.480 e. The zero-order chi connectivity index (χ0) is 43.1. The van der Waals surface area contributed by atoms with Crippen LogP contribution in [0.25, 0.3) is 5.69 Å². The third-order valence-corrected chi connectivity index (χ3v) is 8.98. The van der Waals surface area contributed by atoms with Gasteiger partial charge in [0.1, 0.15) is 30.0 Å². The highest BCUT2D eigenvalue weighted by Crippen LogP contribution is 2.40. The number of nitrogens with zero attached hydrogens (tertiary/aromatic N) is 3. The summed E-state index contributed by atoms with van der Waals surface area (Å²) in [5, 5.41) is 35.9. The fraction of sp³-hybridized carbons (Fsp3) is 0.444. The number of aliphatic hydroxyl groups excluding tert-OH is 1. The van der Waals surface area contributed by atoms with E-state index in [1.54, 1.807) is 6.20 Å². The van der Waals surface area contributed by atoms with Crippen LogP contribution >= 0.6 is 11.8 Å². The number of alkyl halides is 3. The van der Waals surface area contributed by atoms with Crippen molar-refractivity contribution < 1.29 is 61.2 Å². The first-order valence-electron chi connectivity index (χ1n) is 17.2. The lowest BCUT2D eigenvalue weighted by Crippen LogP contribution is -2.48. The van der Waals surface area contributed by atoms with Crippen molar-refractivity contribution in [3.05, 3.63) is 83.2 Å². The van der Waals surface area contributed by atoms with Crippen LogP contribution < -0.4 is 22.1 Å². The number of carboxylic acid groups (broad SMARTS) is 2. The summed E-state index contributed by atoms with van der Waals surface area (Å²) in [6.07, 6.45) is -3.12. The number of aliphatic carboxylic acids is 2. The number of hydrogen-bond donors (Lipinski definition) is 7. The molecule has 1 heterocycles. The number of nitrogens with two attached hydrogens (primary N) is 2. The average Bonchev–Trinajstić information content (AvgIpc) is 3.53. The SMILES string of the molecule is CC(C)(C)[C@H](c1nn(-c2cc(F)ccc2F)cc1Cc1ccccc1)N(CC[C@H](N)C(=O)NCCNC(=O)CSC[C@H](N)C(=O)O)C(=O)CO.O=C(O)C(F)(F)F. The van der Waals surface area contributed by atoms with Crippen molar-refractivity contribution in [1.29, 1.82) is 0 Å². The van der Waals surface area contributed by atoms with Gasteiger partial charge in [0.05, 0.1) is 23.5 Å². The minimum absolute atomic E-state index is 0.000579. The first kappa shape index (κ1) is 48.0. The van der Waals surface area contributed by atoms with Crippen LogP contribution in [-0.2, 0) is 30.4 Å².